The van der Waals surface area contributed by atoms with Crippen molar-refractivity contribution in [1.82, 2.24) is 14.7 Å². The van der Waals surface area contributed by atoms with Crippen LogP contribution in [0.1, 0.15) is 0 Å². The number of nitro benzene ring substituents is 1. The first-order valence-electron chi connectivity index (χ1n) is 7.58. The molecule has 0 saturated carbocycles. The molecule has 0 unspecified atom stereocenters. The number of carbonyl (C=O) groups excluding carboxylic acids is 1. The number of hydrogen-bond donors (Lipinski definition) is 1. The third kappa shape index (κ3) is 3.45. The molecule has 2 aromatic rings. The fourth-order valence-corrected chi connectivity index (χ4v) is 2.62. The summed E-state index contributed by atoms with van der Waals surface area (Å²) in [4.78, 5) is 26.3. The molecule has 0 spiro atoms. The standard InChI is InChI=1S/C15H18N6O3/c1-18-7-6-14(17-18)16-15(22)20-10-8-19(9-11-20)12-2-4-13(5-3-12)21(23)24/h2-7H,8-11H2,1H3,(H,16,17,22). The van der Waals surface area contributed by atoms with E-state index in [9.17, 15) is 14.9 Å². The number of aryl methyl sites for hydroxylation is 1. The van der Waals surface area contributed by atoms with Crippen molar-refractivity contribution in [3.05, 3.63) is 46.6 Å². The van der Waals surface area contributed by atoms with Crippen molar-refractivity contribution in [3.8, 4) is 0 Å². The number of piperazine rings is 1. The number of anilines is 2. The molecule has 24 heavy (non-hydrogen) atoms. The van der Waals surface area contributed by atoms with E-state index in [1.54, 1.807) is 41.0 Å². The number of urea groups is 1. The maximum absolute atomic E-state index is 12.2. The Kier molecular flexibility index (Phi) is 4.32. The molecule has 1 saturated heterocycles. The van der Waals surface area contributed by atoms with E-state index in [-0.39, 0.29) is 11.7 Å². The van der Waals surface area contributed by atoms with E-state index in [1.807, 2.05) is 0 Å². The molecule has 1 N–H and O–H groups in total. The third-order valence-electron chi connectivity index (χ3n) is 3.94. The molecule has 1 fully saturated rings. The Balaban J connectivity index is 1.55. The zero-order valence-electron chi connectivity index (χ0n) is 13.3. The third-order valence-corrected chi connectivity index (χ3v) is 3.94. The Morgan fingerprint density at radius 3 is 2.38 bits per heavy atom. The summed E-state index contributed by atoms with van der Waals surface area (Å²) in [6.45, 7) is 2.51. The number of carbonyl (C=O) groups is 1. The molecule has 2 amide bonds. The zero-order valence-corrected chi connectivity index (χ0v) is 13.3. The fraction of sp³-hybridized carbons (Fsp3) is 0.333. The second kappa shape index (κ2) is 6.57. The summed E-state index contributed by atoms with van der Waals surface area (Å²) in [6.07, 6.45) is 1.77. The normalized spacial score (nSPS) is 14.5. The van der Waals surface area contributed by atoms with Crippen LogP contribution in [-0.4, -0.2) is 51.8 Å². The van der Waals surface area contributed by atoms with Gasteiger partial charge < -0.3 is 9.80 Å². The number of non-ortho nitro benzene ring substituents is 1. The Morgan fingerprint density at radius 1 is 1.17 bits per heavy atom. The van der Waals surface area contributed by atoms with Gasteiger partial charge in [-0.3, -0.25) is 20.1 Å². The Morgan fingerprint density at radius 2 is 1.83 bits per heavy atom. The topological polar surface area (TPSA) is 96.5 Å². The molecule has 1 aliphatic heterocycles. The minimum atomic E-state index is -0.413. The van der Waals surface area contributed by atoms with Crippen LogP contribution in [0.2, 0.25) is 0 Å². The van der Waals surface area contributed by atoms with Gasteiger partial charge in [0.1, 0.15) is 0 Å². The van der Waals surface area contributed by atoms with Crippen LogP contribution in [0.25, 0.3) is 0 Å². The van der Waals surface area contributed by atoms with Crippen molar-refractivity contribution < 1.29 is 9.72 Å². The zero-order chi connectivity index (χ0) is 17.1. The van der Waals surface area contributed by atoms with Crippen molar-refractivity contribution in [2.24, 2.45) is 7.05 Å². The highest BCUT2D eigenvalue weighted by atomic mass is 16.6. The lowest BCUT2D eigenvalue weighted by molar-refractivity contribution is -0.384. The first-order valence-corrected chi connectivity index (χ1v) is 7.58. The summed E-state index contributed by atoms with van der Waals surface area (Å²) in [5.41, 5.74) is 0.998. The Bertz CT molecular complexity index is 734. The molecule has 126 valence electrons. The number of nitrogens with one attached hydrogen (secondary N) is 1. The van der Waals surface area contributed by atoms with E-state index < -0.39 is 4.92 Å². The first-order chi connectivity index (χ1) is 11.5. The number of aromatic nitrogens is 2. The van der Waals surface area contributed by atoms with Crippen LogP contribution in [0.15, 0.2) is 36.5 Å². The molecule has 2 heterocycles. The largest absolute Gasteiger partial charge is 0.368 e. The summed E-state index contributed by atoms with van der Waals surface area (Å²) in [5, 5.41) is 17.6. The molecule has 0 atom stereocenters. The summed E-state index contributed by atoms with van der Waals surface area (Å²) in [6, 6.07) is 8.04. The number of nitro groups is 1. The number of hydrogen-bond acceptors (Lipinski definition) is 5. The van der Waals surface area contributed by atoms with Gasteiger partial charge in [-0.2, -0.15) is 5.10 Å². The lowest BCUT2D eigenvalue weighted by Gasteiger charge is -2.35. The summed E-state index contributed by atoms with van der Waals surface area (Å²) >= 11 is 0. The van der Waals surface area contributed by atoms with E-state index in [2.05, 4.69) is 15.3 Å². The van der Waals surface area contributed by atoms with Crippen LogP contribution >= 0.6 is 0 Å². The van der Waals surface area contributed by atoms with Gasteiger partial charge in [0, 0.05) is 63.3 Å². The van der Waals surface area contributed by atoms with Crippen LogP contribution in [0.3, 0.4) is 0 Å². The number of nitrogens with zero attached hydrogens (tertiary/aromatic N) is 5. The second-order valence-corrected chi connectivity index (χ2v) is 5.55. The predicted octanol–water partition coefficient (Wildman–Crippen LogP) is 1.68. The number of amides is 2. The van der Waals surface area contributed by atoms with Crippen LogP contribution < -0.4 is 10.2 Å². The lowest BCUT2D eigenvalue weighted by atomic mass is 10.2. The van der Waals surface area contributed by atoms with Gasteiger partial charge in [-0.15, -0.1) is 0 Å². The van der Waals surface area contributed by atoms with Gasteiger partial charge >= 0.3 is 6.03 Å². The van der Waals surface area contributed by atoms with E-state index in [0.29, 0.717) is 32.0 Å². The maximum Gasteiger partial charge on any atom is 0.323 e. The monoisotopic (exact) mass is 330 g/mol. The SMILES string of the molecule is Cn1ccc(NC(=O)N2CCN(c3ccc([N+](=O)[O-])cc3)CC2)n1. The van der Waals surface area contributed by atoms with Gasteiger partial charge in [0.05, 0.1) is 4.92 Å². The Labute approximate surface area is 138 Å². The molecule has 0 bridgehead atoms. The minimum absolute atomic E-state index is 0.0760. The van der Waals surface area contributed by atoms with Crippen LogP contribution in [0, 0.1) is 10.1 Å². The average molecular weight is 330 g/mol. The van der Waals surface area contributed by atoms with Gasteiger partial charge in [0.15, 0.2) is 5.82 Å². The smallest absolute Gasteiger partial charge is 0.323 e. The maximum atomic E-state index is 12.2. The van der Waals surface area contributed by atoms with Crippen LogP contribution in [0.4, 0.5) is 22.0 Å². The average Bonchev–Trinajstić information content (AvgIpc) is 3.00. The van der Waals surface area contributed by atoms with Crippen molar-refractivity contribution in [1.29, 1.82) is 0 Å². The van der Waals surface area contributed by atoms with Gasteiger partial charge in [-0.05, 0) is 12.1 Å². The molecule has 1 aromatic carbocycles. The highest BCUT2D eigenvalue weighted by molar-refractivity contribution is 5.88. The van der Waals surface area contributed by atoms with Crippen molar-refractivity contribution in [2.75, 3.05) is 36.4 Å². The van der Waals surface area contributed by atoms with E-state index >= 15 is 0 Å². The van der Waals surface area contributed by atoms with E-state index in [0.717, 1.165) is 5.69 Å². The van der Waals surface area contributed by atoms with Crippen LogP contribution in [0.5, 0.6) is 0 Å². The predicted molar refractivity (Wildman–Crippen MR) is 89.1 cm³/mol. The van der Waals surface area contributed by atoms with Gasteiger partial charge in [-0.25, -0.2) is 4.79 Å². The lowest BCUT2D eigenvalue weighted by Crippen LogP contribution is -2.50. The van der Waals surface area contributed by atoms with Gasteiger partial charge in [0.25, 0.3) is 5.69 Å². The van der Waals surface area contributed by atoms with Crippen molar-refractivity contribution in [3.63, 3.8) is 0 Å². The quantitative estimate of drug-likeness (QED) is 0.682. The second-order valence-electron chi connectivity index (χ2n) is 5.55. The first kappa shape index (κ1) is 15.8. The van der Waals surface area contributed by atoms with Crippen LogP contribution in [-0.2, 0) is 7.05 Å². The highest BCUT2D eigenvalue weighted by Crippen LogP contribution is 2.20. The molecule has 9 nitrogen and oxygen atoms in total. The molecule has 1 aliphatic rings. The molecular weight excluding hydrogens is 312 g/mol. The van der Waals surface area contributed by atoms with Crippen molar-refractivity contribution in [2.45, 2.75) is 0 Å². The molecule has 1 aromatic heterocycles. The molecule has 0 aliphatic carbocycles. The van der Waals surface area contributed by atoms with Gasteiger partial charge in [-0.1, -0.05) is 0 Å². The molecular formula is C15H18N6O3. The number of rotatable bonds is 3. The van der Waals surface area contributed by atoms with E-state index in [1.165, 1.54) is 12.1 Å². The molecule has 3 rings (SSSR count). The fourth-order valence-electron chi connectivity index (χ4n) is 2.62. The highest BCUT2D eigenvalue weighted by Gasteiger charge is 2.22. The molecule has 0 radical (unpaired) electrons. The Hall–Kier alpha value is -3.10. The summed E-state index contributed by atoms with van der Waals surface area (Å²) < 4.78 is 1.63. The summed E-state index contributed by atoms with van der Waals surface area (Å²) in [7, 11) is 1.79. The minimum Gasteiger partial charge on any atom is -0.368 e. The summed E-state index contributed by atoms with van der Waals surface area (Å²) in [5.74, 6) is 0.528. The molecule has 9 heteroatoms. The van der Waals surface area contributed by atoms with Gasteiger partial charge in [0.2, 0.25) is 0 Å². The van der Waals surface area contributed by atoms with E-state index in [4.69, 9.17) is 0 Å². The number of benzene rings is 1. The van der Waals surface area contributed by atoms with Crippen molar-refractivity contribution >= 4 is 23.2 Å².